The number of hydrogen-bond acceptors (Lipinski definition) is 3. The van der Waals surface area contributed by atoms with E-state index < -0.39 is 0 Å². The molecular weight excluding hydrogens is 228 g/mol. The van der Waals surface area contributed by atoms with E-state index in [-0.39, 0.29) is 5.48 Å². The molecule has 1 aromatic rings. The summed E-state index contributed by atoms with van der Waals surface area (Å²) in [5.41, 5.74) is 12.5. The minimum Gasteiger partial charge on any atom is -0.412 e. The maximum absolute atomic E-state index is 7.00. The van der Waals surface area contributed by atoms with Gasteiger partial charge in [0.1, 0.15) is 0 Å². The van der Waals surface area contributed by atoms with Crippen LogP contribution < -0.4 is 5.73 Å². The first-order valence-corrected chi connectivity index (χ1v) is 6.60. The average molecular weight is 254 g/mol. The van der Waals surface area contributed by atoms with Gasteiger partial charge >= 0.3 is 0 Å². The fraction of sp³-hybridized carbons (Fsp3) is 0.643. The standard InChI is InChI=1S/C11H14N2.C2H6.CH4O.H2O/c12-11-7-3-1-5-9(7)13-10-6-2-4-8(10)11;2*1-2;/h1-6H2,(H2,12,13);1-2H3;2H,1H3;1H2. The summed E-state index contributed by atoms with van der Waals surface area (Å²) < 4.78 is 0. The third-order valence-electron chi connectivity index (χ3n) is 3.30. The van der Waals surface area contributed by atoms with Gasteiger partial charge in [0.15, 0.2) is 0 Å². The molecule has 0 saturated heterocycles. The molecule has 1 aromatic heterocycles. The highest BCUT2D eigenvalue weighted by molar-refractivity contribution is 5.59. The van der Waals surface area contributed by atoms with Gasteiger partial charge in [-0.1, -0.05) is 13.8 Å². The quantitative estimate of drug-likeness (QED) is 0.734. The Bertz CT molecular complexity index is 346. The van der Waals surface area contributed by atoms with E-state index in [9.17, 15) is 0 Å². The lowest BCUT2D eigenvalue weighted by Gasteiger charge is -2.08. The van der Waals surface area contributed by atoms with Crippen molar-refractivity contribution in [2.75, 3.05) is 12.8 Å². The highest BCUT2D eigenvalue weighted by Gasteiger charge is 2.23. The summed E-state index contributed by atoms with van der Waals surface area (Å²) in [5, 5.41) is 7.00. The van der Waals surface area contributed by atoms with Crippen molar-refractivity contribution in [1.82, 2.24) is 4.98 Å². The number of rotatable bonds is 0. The number of anilines is 1. The maximum atomic E-state index is 7.00. The molecule has 0 bridgehead atoms. The molecule has 1 heterocycles. The molecule has 0 saturated carbocycles. The number of hydrogen-bond donors (Lipinski definition) is 2. The minimum atomic E-state index is 0. The molecule has 0 aliphatic heterocycles. The predicted molar refractivity (Wildman–Crippen MR) is 75.8 cm³/mol. The first-order valence-electron chi connectivity index (χ1n) is 6.60. The second kappa shape index (κ2) is 8.06. The Kier molecular flexibility index (Phi) is 7.55. The van der Waals surface area contributed by atoms with E-state index in [4.69, 9.17) is 15.8 Å². The van der Waals surface area contributed by atoms with E-state index in [1.165, 1.54) is 35.4 Å². The Morgan fingerprint density at radius 2 is 1.28 bits per heavy atom. The number of aromatic nitrogens is 1. The van der Waals surface area contributed by atoms with Crippen molar-refractivity contribution in [3.05, 3.63) is 22.5 Å². The molecule has 104 valence electrons. The summed E-state index contributed by atoms with van der Waals surface area (Å²) in [6.45, 7) is 4.00. The topological polar surface area (TPSA) is 90.6 Å². The van der Waals surface area contributed by atoms with Gasteiger partial charge in [-0.3, -0.25) is 4.98 Å². The van der Waals surface area contributed by atoms with Crippen molar-refractivity contribution in [1.29, 1.82) is 0 Å². The normalized spacial score (nSPS) is 14.2. The van der Waals surface area contributed by atoms with Gasteiger partial charge in [0.05, 0.1) is 0 Å². The monoisotopic (exact) mass is 254 g/mol. The molecule has 18 heavy (non-hydrogen) atoms. The van der Waals surface area contributed by atoms with E-state index in [0.717, 1.165) is 38.5 Å². The zero-order chi connectivity index (χ0) is 12.8. The van der Waals surface area contributed by atoms with Gasteiger partial charge < -0.3 is 16.3 Å². The molecule has 0 radical (unpaired) electrons. The SMILES string of the molecule is CC.CO.Nc1c2c(nc3c1CCC3)CCC2.O. The Labute approximate surface area is 110 Å². The molecule has 4 heteroatoms. The van der Waals surface area contributed by atoms with Crippen molar-refractivity contribution in [2.45, 2.75) is 52.4 Å². The lowest BCUT2D eigenvalue weighted by atomic mass is 10.1. The zero-order valence-corrected chi connectivity index (χ0v) is 11.7. The number of nitrogens with two attached hydrogens (primary N) is 1. The highest BCUT2D eigenvalue weighted by Crippen LogP contribution is 2.34. The van der Waals surface area contributed by atoms with Gasteiger partial charge in [-0.05, 0) is 49.7 Å². The first-order chi connectivity index (χ1) is 8.36. The van der Waals surface area contributed by atoms with Crippen molar-refractivity contribution in [3.63, 3.8) is 0 Å². The summed E-state index contributed by atoms with van der Waals surface area (Å²) in [4.78, 5) is 4.71. The summed E-state index contributed by atoms with van der Waals surface area (Å²) in [6, 6.07) is 0. The molecule has 3 rings (SSSR count). The lowest BCUT2D eigenvalue weighted by Crippen LogP contribution is -2.03. The second-order valence-electron chi connectivity index (χ2n) is 4.08. The smallest absolute Gasteiger partial charge is 0.0459 e. The lowest BCUT2D eigenvalue weighted by molar-refractivity contribution is 0.399. The Morgan fingerprint density at radius 1 is 0.889 bits per heavy atom. The van der Waals surface area contributed by atoms with Gasteiger partial charge in [-0.2, -0.15) is 0 Å². The van der Waals surface area contributed by atoms with Crippen LogP contribution in [-0.4, -0.2) is 22.7 Å². The fourth-order valence-corrected chi connectivity index (χ4v) is 2.63. The molecule has 2 aliphatic rings. The van der Waals surface area contributed by atoms with E-state index >= 15 is 0 Å². The van der Waals surface area contributed by atoms with Crippen molar-refractivity contribution in [3.8, 4) is 0 Å². The molecule has 2 aliphatic carbocycles. The molecule has 0 amide bonds. The van der Waals surface area contributed by atoms with Gasteiger partial charge in [-0.25, -0.2) is 0 Å². The van der Waals surface area contributed by atoms with E-state index in [1.807, 2.05) is 13.8 Å². The van der Waals surface area contributed by atoms with Crippen molar-refractivity contribution in [2.24, 2.45) is 0 Å². The fourth-order valence-electron chi connectivity index (χ4n) is 2.63. The summed E-state index contributed by atoms with van der Waals surface area (Å²) in [7, 11) is 1.00. The molecular formula is C14H26N2O2. The number of pyridine rings is 1. The first kappa shape index (κ1) is 16.9. The van der Waals surface area contributed by atoms with Crippen LogP contribution in [0.3, 0.4) is 0 Å². The Hall–Kier alpha value is -1.13. The van der Waals surface area contributed by atoms with E-state index in [1.54, 1.807) is 0 Å². The molecule has 0 fully saturated rings. The van der Waals surface area contributed by atoms with Gasteiger partial charge in [0.25, 0.3) is 0 Å². The summed E-state index contributed by atoms with van der Waals surface area (Å²) >= 11 is 0. The van der Waals surface area contributed by atoms with E-state index in [0.29, 0.717) is 0 Å². The van der Waals surface area contributed by atoms with Crippen LogP contribution in [0.25, 0.3) is 0 Å². The third kappa shape index (κ3) is 3.00. The van der Waals surface area contributed by atoms with Crippen LogP contribution in [-0.2, 0) is 25.7 Å². The molecule has 0 spiro atoms. The largest absolute Gasteiger partial charge is 0.412 e. The summed E-state index contributed by atoms with van der Waals surface area (Å²) in [6.07, 6.45) is 7.09. The van der Waals surface area contributed by atoms with Gasteiger partial charge in [0.2, 0.25) is 0 Å². The van der Waals surface area contributed by atoms with Crippen LogP contribution in [0.1, 0.15) is 49.2 Å². The van der Waals surface area contributed by atoms with Crippen molar-refractivity contribution >= 4 is 5.69 Å². The maximum Gasteiger partial charge on any atom is 0.0459 e. The number of nitrogens with zero attached hydrogens (tertiary/aromatic N) is 1. The third-order valence-corrected chi connectivity index (χ3v) is 3.30. The zero-order valence-electron chi connectivity index (χ0n) is 11.7. The number of aliphatic hydroxyl groups excluding tert-OH is 1. The Balaban J connectivity index is 0.000000531. The van der Waals surface area contributed by atoms with Gasteiger partial charge in [0, 0.05) is 24.2 Å². The van der Waals surface area contributed by atoms with Crippen LogP contribution in [0.4, 0.5) is 5.69 Å². The molecule has 0 aromatic carbocycles. The van der Waals surface area contributed by atoms with Crippen molar-refractivity contribution < 1.29 is 10.6 Å². The highest BCUT2D eigenvalue weighted by atomic mass is 16.2. The molecule has 4 nitrogen and oxygen atoms in total. The summed E-state index contributed by atoms with van der Waals surface area (Å²) in [5.74, 6) is 0. The molecule has 0 unspecified atom stereocenters. The number of nitrogen functional groups attached to an aromatic ring is 1. The number of fused-ring (bicyclic) bond motifs is 2. The Morgan fingerprint density at radius 3 is 1.67 bits per heavy atom. The second-order valence-corrected chi connectivity index (χ2v) is 4.08. The molecule has 5 N–H and O–H groups in total. The predicted octanol–water partition coefficient (Wildman–Crippen LogP) is 1.45. The average Bonchev–Trinajstić information content (AvgIpc) is 3.03. The van der Waals surface area contributed by atoms with Crippen LogP contribution in [0.15, 0.2) is 0 Å². The minimum absolute atomic E-state index is 0. The number of aliphatic hydroxyl groups is 1. The van der Waals surface area contributed by atoms with Crippen LogP contribution in [0.5, 0.6) is 0 Å². The van der Waals surface area contributed by atoms with Gasteiger partial charge in [-0.15, -0.1) is 0 Å². The van der Waals surface area contributed by atoms with E-state index in [2.05, 4.69) is 0 Å². The molecule has 0 atom stereocenters. The van der Waals surface area contributed by atoms with Crippen LogP contribution in [0, 0.1) is 0 Å². The van der Waals surface area contributed by atoms with Crippen LogP contribution >= 0.6 is 0 Å². The number of aryl methyl sites for hydroxylation is 2. The van der Waals surface area contributed by atoms with Crippen LogP contribution in [0.2, 0.25) is 0 Å².